The van der Waals surface area contributed by atoms with Gasteiger partial charge in [-0.1, -0.05) is 0 Å². The molecule has 4 nitrogen and oxygen atoms in total. The summed E-state index contributed by atoms with van der Waals surface area (Å²) in [6.07, 6.45) is 0. The van der Waals surface area contributed by atoms with Gasteiger partial charge in [0.2, 0.25) is 10.0 Å². The van der Waals surface area contributed by atoms with Crippen molar-refractivity contribution in [1.82, 2.24) is 9.62 Å². The molecular weight excluding hydrogens is 291 g/mol. The third kappa shape index (κ3) is 3.25. The Hall–Kier alpha value is -0.690. The molecule has 0 amide bonds. The van der Waals surface area contributed by atoms with Crippen LogP contribution in [0.3, 0.4) is 0 Å². The molecule has 1 fully saturated rings. The highest BCUT2D eigenvalue weighted by molar-refractivity contribution is 7.89. The van der Waals surface area contributed by atoms with Crippen LogP contribution in [0.25, 0.3) is 0 Å². The number of hydrogen-bond acceptors (Lipinski definition) is 3. The van der Waals surface area contributed by atoms with Gasteiger partial charge in [-0.3, -0.25) is 0 Å². The molecule has 1 saturated heterocycles. The SMILES string of the molecule is Cc1cc(F)ccc1S(=O)(=O)N1CCNCC1C.Cl. The van der Waals surface area contributed by atoms with Crippen LogP contribution in [0.2, 0.25) is 0 Å². The molecule has 108 valence electrons. The maximum absolute atomic E-state index is 13.0. The first-order valence-corrected chi connectivity index (χ1v) is 7.35. The van der Waals surface area contributed by atoms with Crippen molar-refractivity contribution >= 4 is 22.4 Å². The molecule has 1 aliphatic rings. The summed E-state index contributed by atoms with van der Waals surface area (Å²) in [4.78, 5) is 0.192. The molecule has 0 aromatic heterocycles. The van der Waals surface area contributed by atoms with Gasteiger partial charge in [-0.05, 0) is 37.6 Å². The lowest BCUT2D eigenvalue weighted by atomic mass is 10.2. The van der Waals surface area contributed by atoms with Crippen LogP contribution in [-0.2, 0) is 10.0 Å². The molecule has 0 aliphatic carbocycles. The van der Waals surface area contributed by atoms with Crippen molar-refractivity contribution in [3.05, 3.63) is 29.6 Å². The van der Waals surface area contributed by atoms with Crippen molar-refractivity contribution in [3.63, 3.8) is 0 Å². The summed E-state index contributed by atoms with van der Waals surface area (Å²) in [5.74, 6) is -0.417. The van der Waals surface area contributed by atoms with E-state index in [2.05, 4.69) is 5.32 Å². The molecule has 1 atom stereocenters. The van der Waals surface area contributed by atoms with Crippen LogP contribution in [0.15, 0.2) is 23.1 Å². The zero-order valence-corrected chi connectivity index (χ0v) is 12.5. The van der Waals surface area contributed by atoms with E-state index in [-0.39, 0.29) is 23.3 Å². The molecule has 1 aromatic rings. The first-order valence-electron chi connectivity index (χ1n) is 5.91. The van der Waals surface area contributed by atoms with E-state index in [1.165, 1.54) is 22.5 Å². The lowest BCUT2D eigenvalue weighted by Gasteiger charge is -2.33. The summed E-state index contributed by atoms with van der Waals surface area (Å²) < 4.78 is 39.5. The molecule has 0 spiro atoms. The average molecular weight is 309 g/mol. The highest BCUT2D eigenvalue weighted by atomic mass is 35.5. The molecule has 1 aromatic carbocycles. The Balaban J connectivity index is 0.00000180. The Bertz CT molecular complexity index is 551. The Labute approximate surface area is 119 Å². The second kappa shape index (κ2) is 6.17. The van der Waals surface area contributed by atoms with Gasteiger partial charge in [-0.15, -0.1) is 12.4 Å². The predicted octanol–water partition coefficient (Wildman–Crippen LogP) is 1.54. The van der Waals surface area contributed by atoms with E-state index in [0.717, 1.165) is 0 Å². The number of sulfonamides is 1. The van der Waals surface area contributed by atoms with E-state index in [4.69, 9.17) is 0 Å². The number of halogens is 2. The maximum atomic E-state index is 13.0. The second-order valence-electron chi connectivity index (χ2n) is 4.58. The summed E-state index contributed by atoms with van der Waals surface area (Å²) in [6, 6.07) is 3.69. The van der Waals surface area contributed by atoms with Crippen LogP contribution in [-0.4, -0.2) is 38.4 Å². The Morgan fingerprint density at radius 3 is 2.68 bits per heavy atom. The minimum Gasteiger partial charge on any atom is -0.314 e. The van der Waals surface area contributed by atoms with Gasteiger partial charge in [0.1, 0.15) is 5.82 Å². The zero-order chi connectivity index (χ0) is 13.3. The number of aryl methyl sites for hydroxylation is 1. The van der Waals surface area contributed by atoms with Gasteiger partial charge >= 0.3 is 0 Å². The molecule has 1 unspecified atom stereocenters. The van der Waals surface area contributed by atoms with Crippen molar-refractivity contribution in [3.8, 4) is 0 Å². The van der Waals surface area contributed by atoms with E-state index < -0.39 is 15.8 Å². The summed E-state index contributed by atoms with van der Waals surface area (Å²) in [5.41, 5.74) is 0.445. The van der Waals surface area contributed by atoms with Gasteiger partial charge in [0.15, 0.2) is 0 Å². The van der Waals surface area contributed by atoms with Crippen LogP contribution < -0.4 is 5.32 Å². The van der Waals surface area contributed by atoms with Crippen LogP contribution in [0.4, 0.5) is 4.39 Å². The summed E-state index contributed by atoms with van der Waals surface area (Å²) in [5, 5.41) is 3.15. The number of benzene rings is 1. The molecule has 0 bridgehead atoms. The second-order valence-corrected chi connectivity index (χ2v) is 6.44. The van der Waals surface area contributed by atoms with Crippen molar-refractivity contribution in [2.24, 2.45) is 0 Å². The minimum atomic E-state index is -3.53. The topological polar surface area (TPSA) is 49.4 Å². The van der Waals surface area contributed by atoms with Crippen LogP contribution in [0.1, 0.15) is 12.5 Å². The van der Waals surface area contributed by atoms with Gasteiger partial charge in [0, 0.05) is 25.7 Å². The first kappa shape index (κ1) is 16.4. The van der Waals surface area contributed by atoms with Crippen molar-refractivity contribution in [2.45, 2.75) is 24.8 Å². The molecule has 0 radical (unpaired) electrons. The summed E-state index contributed by atoms with van der Waals surface area (Å²) >= 11 is 0. The minimum absolute atomic E-state index is 0. The van der Waals surface area contributed by atoms with Crippen LogP contribution in [0, 0.1) is 12.7 Å². The largest absolute Gasteiger partial charge is 0.314 e. The Morgan fingerprint density at radius 2 is 2.11 bits per heavy atom. The fraction of sp³-hybridized carbons (Fsp3) is 0.500. The Kier molecular flexibility index (Phi) is 5.32. The normalized spacial score (nSPS) is 20.9. The summed E-state index contributed by atoms with van der Waals surface area (Å²) in [6.45, 7) is 5.20. The van der Waals surface area contributed by atoms with Crippen LogP contribution in [0.5, 0.6) is 0 Å². The third-order valence-electron chi connectivity index (χ3n) is 3.16. The van der Waals surface area contributed by atoms with Gasteiger partial charge < -0.3 is 5.32 Å². The van der Waals surface area contributed by atoms with Gasteiger partial charge in [0.05, 0.1) is 4.90 Å². The smallest absolute Gasteiger partial charge is 0.243 e. The molecule has 2 rings (SSSR count). The van der Waals surface area contributed by atoms with Crippen molar-refractivity contribution in [2.75, 3.05) is 19.6 Å². The molecule has 1 heterocycles. The van der Waals surface area contributed by atoms with Crippen molar-refractivity contribution in [1.29, 1.82) is 0 Å². The zero-order valence-electron chi connectivity index (χ0n) is 10.9. The van der Waals surface area contributed by atoms with Crippen LogP contribution >= 0.6 is 12.4 Å². The lowest BCUT2D eigenvalue weighted by Crippen LogP contribution is -2.52. The average Bonchev–Trinajstić information content (AvgIpc) is 2.28. The molecule has 1 aliphatic heterocycles. The summed E-state index contributed by atoms with van der Waals surface area (Å²) in [7, 11) is -3.53. The molecule has 1 N–H and O–H groups in total. The highest BCUT2D eigenvalue weighted by Gasteiger charge is 2.31. The number of piperazine rings is 1. The van der Waals surface area contributed by atoms with Gasteiger partial charge in [0.25, 0.3) is 0 Å². The van der Waals surface area contributed by atoms with E-state index in [9.17, 15) is 12.8 Å². The fourth-order valence-corrected chi connectivity index (χ4v) is 4.05. The van der Waals surface area contributed by atoms with Crippen molar-refractivity contribution < 1.29 is 12.8 Å². The standard InChI is InChI=1S/C12H17FN2O2S.ClH/c1-9-7-11(13)3-4-12(9)18(16,17)15-6-5-14-8-10(15)2;/h3-4,7,10,14H,5-6,8H2,1-2H3;1H. The molecule has 19 heavy (non-hydrogen) atoms. The van der Waals surface area contributed by atoms with E-state index in [1.54, 1.807) is 6.92 Å². The predicted molar refractivity (Wildman–Crippen MR) is 74.6 cm³/mol. The third-order valence-corrected chi connectivity index (χ3v) is 5.34. The van der Waals surface area contributed by atoms with E-state index >= 15 is 0 Å². The van der Waals surface area contributed by atoms with Gasteiger partial charge in [-0.25, -0.2) is 12.8 Å². The number of rotatable bonds is 2. The van der Waals surface area contributed by atoms with E-state index in [0.29, 0.717) is 25.2 Å². The lowest BCUT2D eigenvalue weighted by molar-refractivity contribution is 0.283. The first-order chi connectivity index (χ1) is 8.43. The number of nitrogens with one attached hydrogen (secondary N) is 1. The fourth-order valence-electron chi connectivity index (χ4n) is 2.21. The molecule has 0 saturated carbocycles. The van der Waals surface area contributed by atoms with Gasteiger partial charge in [-0.2, -0.15) is 4.31 Å². The quantitative estimate of drug-likeness (QED) is 0.901. The monoisotopic (exact) mass is 308 g/mol. The van der Waals surface area contributed by atoms with E-state index in [1.807, 2.05) is 6.92 Å². The molecule has 7 heteroatoms. The number of hydrogen-bond donors (Lipinski definition) is 1. The Morgan fingerprint density at radius 1 is 1.42 bits per heavy atom. The maximum Gasteiger partial charge on any atom is 0.243 e. The highest BCUT2D eigenvalue weighted by Crippen LogP contribution is 2.23. The number of nitrogens with zero attached hydrogens (tertiary/aromatic N) is 1. The molecular formula is C12H18ClFN2O2S.